The predicted molar refractivity (Wildman–Crippen MR) is 96.4 cm³/mol. The lowest BCUT2D eigenvalue weighted by Crippen LogP contribution is -2.40. The first-order valence-electron chi connectivity index (χ1n) is 8.10. The van der Waals surface area contributed by atoms with Crippen LogP contribution in [0.1, 0.15) is 18.9 Å². The molecule has 2 atom stereocenters. The number of anilines is 2. The van der Waals surface area contributed by atoms with Gasteiger partial charge >= 0.3 is 0 Å². The number of para-hydroxylation sites is 2. The molecule has 122 valence electrons. The molecule has 0 fully saturated rings. The van der Waals surface area contributed by atoms with Crippen molar-refractivity contribution in [3.8, 4) is 0 Å². The summed E-state index contributed by atoms with van der Waals surface area (Å²) in [6.45, 7) is 2.06. The molecule has 0 aromatic heterocycles. The molecule has 0 bridgehead atoms. The third kappa shape index (κ3) is 2.59. The van der Waals surface area contributed by atoms with Gasteiger partial charge in [0.25, 0.3) is 0 Å². The van der Waals surface area contributed by atoms with Gasteiger partial charge in [0.2, 0.25) is 11.8 Å². The Labute approximate surface area is 145 Å². The molecule has 2 aliphatic rings. The van der Waals surface area contributed by atoms with Crippen molar-refractivity contribution in [1.82, 2.24) is 0 Å². The highest BCUT2D eigenvalue weighted by molar-refractivity contribution is 8.01. The Morgan fingerprint density at radius 2 is 1.96 bits per heavy atom. The van der Waals surface area contributed by atoms with E-state index in [4.69, 9.17) is 0 Å². The summed E-state index contributed by atoms with van der Waals surface area (Å²) in [7, 11) is 0. The topological polar surface area (TPSA) is 49.4 Å². The third-order valence-corrected chi connectivity index (χ3v) is 5.82. The lowest BCUT2D eigenvalue weighted by Gasteiger charge is -2.27. The molecule has 4 nitrogen and oxygen atoms in total. The Bertz CT molecular complexity index is 821. The Morgan fingerprint density at radius 1 is 1.21 bits per heavy atom. The Morgan fingerprint density at radius 3 is 2.83 bits per heavy atom. The molecule has 0 spiro atoms. The molecular formula is C19H18N2O2S. The van der Waals surface area contributed by atoms with Gasteiger partial charge in [-0.2, -0.15) is 0 Å². The van der Waals surface area contributed by atoms with Crippen molar-refractivity contribution < 1.29 is 9.59 Å². The van der Waals surface area contributed by atoms with Crippen LogP contribution in [0.5, 0.6) is 0 Å². The van der Waals surface area contributed by atoms with Crippen LogP contribution in [-0.2, 0) is 16.0 Å². The molecule has 24 heavy (non-hydrogen) atoms. The van der Waals surface area contributed by atoms with E-state index in [2.05, 4.69) is 18.3 Å². The lowest BCUT2D eigenvalue weighted by atomic mass is 10.1. The molecule has 2 amide bonds. The first-order chi connectivity index (χ1) is 11.6. The van der Waals surface area contributed by atoms with Crippen LogP contribution >= 0.6 is 11.8 Å². The Hall–Kier alpha value is -2.27. The number of hydrogen-bond acceptors (Lipinski definition) is 3. The molecule has 1 N–H and O–H groups in total. The highest BCUT2D eigenvalue weighted by Gasteiger charge is 2.35. The summed E-state index contributed by atoms with van der Waals surface area (Å²) in [6.07, 6.45) is 1.08. The molecule has 2 aromatic carbocycles. The van der Waals surface area contributed by atoms with Crippen LogP contribution < -0.4 is 10.2 Å². The van der Waals surface area contributed by atoms with Gasteiger partial charge in [0.15, 0.2) is 0 Å². The molecular weight excluding hydrogens is 320 g/mol. The maximum absolute atomic E-state index is 12.9. The van der Waals surface area contributed by atoms with Gasteiger partial charge in [0.05, 0.1) is 10.9 Å². The molecule has 5 heteroatoms. The number of thioether (sulfide) groups is 1. The van der Waals surface area contributed by atoms with Crippen LogP contribution in [0, 0.1) is 0 Å². The SMILES string of the molecule is CC1Cc2ccccc2N1C(=O)CC1Sc2ccccc2NC1=O. The lowest BCUT2D eigenvalue weighted by molar-refractivity contribution is -0.122. The number of amides is 2. The number of fused-ring (bicyclic) bond motifs is 2. The fourth-order valence-electron chi connectivity index (χ4n) is 3.43. The monoisotopic (exact) mass is 338 g/mol. The molecule has 0 saturated heterocycles. The van der Waals surface area contributed by atoms with Gasteiger partial charge in [0.1, 0.15) is 0 Å². The molecule has 0 aliphatic carbocycles. The van der Waals surface area contributed by atoms with Crippen molar-refractivity contribution in [2.45, 2.75) is 36.0 Å². The van der Waals surface area contributed by atoms with E-state index in [1.54, 1.807) is 0 Å². The summed E-state index contributed by atoms with van der Waals surface area (Å²) >= 11 is 1.48. The smallest absolute Gasteiger partial charge is 0.238 e. The second-order valence-corrected chi connectivity index (χ2v) is 7.49. The van der Waals surface area contributed by atoms with Crippen molar-refractivity contribution >= 4 is 35.0 Å². The molecule has 0 radical (unpaired) electrons. The van der Waals surface area contributed by atoms with Crippen molar-refractivity contribution in [3.05, 3.63) is 54.1 Å². The van der Waals surface area contributed by atoms with E-state index in [9.17, 15) is 9.59 Å². The summed E-state index contributed by atoms with van der Waals surface area (Å²) in [5.41, 5.74) is 3.01. The van der Waals surface area contributed by atoms with Crippen LogP contribution in [0.4, 0.5) is 11.4 Å². The number of benzene rings is 2. The standard InChI is InChI=1S/C19H18N2O2S/c1-12-10-13-6-2-4-8-15(13)21(12)18(22)11-17-19(23)20-14-7-3-5-9-16(14)24-17/h2-9,12,17H,10-11H2,1H3,(H,20,23). The average molecular weight is 338 g/mol. The highest BCUT2D eigenvalue weighted by Crippen LogP contribution is 2.38. The molecule has 2 aliphatic heterocycles. The number of nitrogens with one attached hydrogen (secondary N) is 1. The first-order valence-corrected chi connectivity index (χ1v) is 8.98. The van der Waals surface area contributed by atoms with Gasteiger partial charge in [-0.3, -0.25) is 9.59 Å². The maximum Gasteiger partial charge on any atom is 0.238 e. The van der Waals surface area contributed by atoms with Gasteiger partial charge in [-0.1, -0.05) is 30.3 Å². The minimum absolute atomic E-state index is 0.0134. The predicted octanol–water partition coefficient (Wildman–Crippen LogP) is 3.47. The fourth-order valence-corrected chi connectivity index (χ4v) is 4.53. The zero-order chi connectivity index (χ0) is 16.7. The van der Waals surface area contributed by atoms with Crippen LogP contribution in [0.3, 0.4) is 0 Å². The normalized spacial score (nSPS) is 21.9. The van der Waals surface area contributed by atoms with Crippen molar-refractivity contribution in [3.63, 3.8) is 0 Å². The van der Waals surface area contributed by atoms with Crippen LogP contribution in [-0.4, -0.2) is 23.1 Å². The zero-order valence-corrected chi connectivity index (χ0v) is 14.2. The maximum atomic E-state index is 12.9. The van der Waals surface area contributed by atoms with Gasteiger partial charge in [-0.25, -0.2) is 0 Å². The van der Waals surface area contributed by atoms with Crippen LogP contribution in [0.15, 0.2) is 53.4 Å². The van der Waals surface area contributed by atoms with Crippen LogP contribution in [0.25, 0.3) is 0 Å². The van der Waals surface area contributed by atoms with Gasteiger partial charge in [0, 0.05) is 23.0 Å². The molecule has 2 heterocycles. The molecule has 4 rings (SSSR count). The van der Waals surface area contributed by atoms with Gasteiger partial charge in [-0.05, 0) is 37.1 Å². The molecule has 0 saturated carbocycles. The number of nitrogens with zero attached hydrogens (tertiary/aromatic N) is 1. The van der Waals surface area contributed by atoms with E-state index < -0.39 is 0 Å². The molecule has 2 aromatic rings. The van der Waals surface area contributed by atoms with E-state index in [-0.39, 0.29) is 29.5 Å². The van der Waals surface area contributed by atoms with E-state index in [0.29, 0.717) is 0 Å². The summed E-state index contributed by atoms with van der Waals surface area (Å²) in [5, 5.41) is 2.52. The number of carbonyl (C=O) groups is 2. The summed E-state index contributed by atoms with van der Waals surface area (Å²) in [5.74, 6) is -0.0772. The zero-order valence-electron chi connectivity index (χ0n) is 13.4. The summed E-state index contributed by atoms with van der Waals surface area (Å²) < 4.78 is 0. The van der Waals surface area contributed by atoms with Crippen molar-refractivity contribution in [2.24, 2.45) is 0 Å². The Kier molecular flexibility index (Phi) is 3.81. The van der Waals surface area contributed by atoms with Crippen LogP contribution in [0.2, 0.25) is 0 Å². The second kappa shape index (κ2) is 5.98. The van der Waals surface area contributed by atoms with E-state index in [1.807, 2.05) is 47.4 Å². The number of hydrogen-bond donors (Lipinski definition) is 1. The van der Waals surface area contributed by atoms with E-state index in [1.165, 1.54) is 17.3 Å². The molecule has 2 unspecified atom stereocenters. The minimum Gasteiger partial charge on any atom is -0.324 e. The summed E-state index contributed by atoms with van der Waals surface area (Å²) in [6, 6.07) is 15.9. The number of carbonyl (C=O) groups excluding carboxylic acids is 2. The van der Waals surface area contributed by atoms with Crippen molar-refractivity contribution in [1.29, 1.82) is 0 Å². The van der Waals surface area contributed by atoms with E-state index in [0.717, 1.165) is 22.7 Å². The second-order valence-electron chi connectivity index (χ2n) is 6.24. The fraction of sp³-hybridized carbons (Fsp3) is 0.263. The minimum atomic E-state index is -0.382. The quantitative estimate of drug-likeness (QED) is 0.912. The average Bonchev–Trinajstić information content (AvgIpc) is 2.91. The first kappa shape index (κ1) is 15.3. The number of rotatable bonds is 2. The third-order valence-electron chi connectivity index (χ3n) is 4.54. The van der Waals surface area contributed by atoms with E-state index >= 15 is 0 Å². The largest absolute Gasteiger partial charge is 0.324 e. The van der Waals surface area contributed by atoms with Gasteiger partial charge < -0.3 is 10.2 Å². The summed E-state index contributed by atoms with van der Waals surface area (Å²) in [4.78, 5) is 28.1. The van der Waals surface area contributed by atoms with Crippen molar-refractivity contribution in [2.75, 3.05) is 10.2 Å². The Balaban J connectivity index is 1.54. The van der Waals surface area contributed by atoms with Gasteiger partial charge in [-0.15, -0.1) is 11.8 Å². The highest BCUT2D eigenvalue weighted by atomic mass is 32.2.